The number of nitrogens with two attached hydrogens (primary N) is 1. The molecule has 5 heteroatoms. The predicted molar refractivity (Wildman–Crippen MR) is 35.7 cm³/mol. The highest BCUT2D eigenvalue weighted by Gasteiger charge is 2.17. The van der Waals surface area contributed by atoms with Gasteiger partial charge in [0, 0.05) is 0 Å². The SMILES string of the molecule is Nc1c(F)ccc(C(F)F)c1F. The van der Waals surface area contributed by atoms with E-state index in [-0.39, 0.29) is 0 Å². The van der Waals surface area contributed by atoms with Gasteiger partial charge in [-0.1, -0.05) is 0 Å². The summed E-state index contributed by atoms with van der Waals surface area (Å²) in [5.74, 6) is -2.41. The first-order valence-corrected chi connectivity index (χ1v) is 3.05. The van der Waals surface area contributed by atoms with Gasteiger partial charge in [-0.05, 0) is 12.1 Å². The fourth-order valence-corrected chi connectivity index (χ4v) is 0.755. The molecule has 1 aromatic rings. The minimum atomic E-state index is -2.98. The van der Waals surface area contributed by atoms with Gasteiger partial charge >= 0.3 is 0 Å². The van der Waals surface area contributed by atoms with Gasteiger partial charge in [0.1, 0.15) is 11.5 Å². The molecule has 0 radical (unpaired) electrons. The van der Waals surface area contributed by atoms with E-state index < -0.39 is 29.3 Å². The van der Waals surface area contributed by atoms with E-state index in [1.165, 1.54) is 0 Å². The van der Waals surface area contributed by atoms with Crippen LogP contribution in [0, 0.1) is 11.6 Å². The summed E-state index contributed by atoms with van der Waals surface area (Å²) in [4.78, 5) is 0. The summed E-state index contributed by atoms with van der Waals surface area (Å²) < 4.78 is 48.9. The van der Waals surface area contributed by atoms with Gasteiger partial charge < -0.3 is 5.73 Å². The second kappa shape index (κ2) is 3.00. The van der Waals surface area contributed by atoms with Crippen LogP contribution in [0.1, 0.15) is 12.0 Å². The van der Waals surface area contributed by atoms with Crippen molar-refractivity contribution in [1.82, 2.24) is 0 Å². The number of alkyl halides is 2. The molecule has 0 bridgehead atoms. The zero-order valence-corrected chi connectivity index (χ0v) is 5.82. The summed E-state index contributed by atoms with van der Waals surface area (Å²) in [6.07, 6.45) is -2.98. The summed E-state index contributed by atoms with van der Waals surface area (Å²) in [7, 11) is 0. The average molecular weight is 179 g/mol. The monoisotopic (exact) mass is 179 g/mol. The third kappa shape index (κ3) is 1.34. The lowest BCUT2D eigenvalue weighted by atomic mass is 10.2. The highest BCUT2D eigenvalue weighted by atomic mass is 19.3. The van der Waals surface area contributed by atoms with E-state index >= 15 is 0 Å². The van der Waals surface area contributed by atoms with Crippen molar-refractivity contribution in [2.45, 2.75) is 6.43 Å². The molecular formula is C7H5F4N. The number of rotatable bonds is 1. The van der Waals surface area contributed by atoms with Crippen LogP contribution >= 0.6 is 0 Å². The van der Waals surface area contributed by atoms with E-state index in [0.29, 0.717) is 12.1 Å². The Balaban J connectivity index is 3.27. The van der Waals surface area contributed by atoms with Crippen LogP contribution in [-0.4, -0.2) is 0 Å². The van der Waals surface area contributed by atoms with Crippen molar-refractivity contribution in [1.29, 1.82) is 0 Å². The number of hydrogen-bond acceptors (Lipinski definition) is 1. The van der Waals surface area contributed by atoms with Crippen LogP contribution in [0.15, 0.2) is 12.1 Å². The lowest BCUT2D eigenvalue weighted by molar-refractivity contribution is 0.146. The third-order valence-electron chi connectivity index (χ3n) is 1.39. The van der Waals surface area contributed by atoms with Crippen molar-refractivity contribution in [3.63, 3.8) is 0 Å². The van der Waals surface area contributed by atoms with Crippen LogP contribution in [0.5, 0.6) is 0 Å². The Labute approximate surface area is 65.8 Å². The van der Waals surface area contributed by atoms with Crippen molar-refractivity contribution in [2.75, 3.05) is 5.73 Å². The van der Waals surface area contributed by atoms with Crippen molar-refractivity contribution >= 4 is 5.69 Å². The molecule has 1 aromatic carbocycles. The maximum atomic E-state index is 12.7. The molecule has 0 aliphatic carbocycles. The van der Waals surface area contributed by atoms with Gasteiger partial charge in [0.2, 0.25) is 0 Å². The Kier molecular flexibility index (Phi) is 2.21. The molecule has 0 fully saturated rings. The van der Waals surface area contributed by atoms with Crippen molar-refractivity contribution < 1.29 is 17.6 Å². The Bertz CT molecular complexity index is 298. The van der Waals surface area contributed by atoms with Crippen LogP contribution in [-0.2, 0) is 0 Å². The van der Waals surface area contributed by atoms with Gasteiger partial charge in [-0.15, -0.1) is 0 Å². The van der Waals surface area contributed by atoms with E-state index in [1.54, 1.807) is 0 Å². The molecule has 12 heavy (non-hydrogen) atoms. The van der Waals surface area contributed by atoms with Gasteiger partial charge in [-0.2, -0.15) is 0 Å². The molecule has 0 saturated carbocycles. The molecule has 0 heterocycles. The Hall–Kier alpha value is -1.26. The van der Waals surface area contributed by atoms with Crippen LogP contribution in [0.4, 0.5) is 23.2 Å². The van der Waals surface area contributed by atoms with Gasteiger partial charge in [0.05, 0.1) is 5.56 Å². The van der Waals surface area contributed by atoms with Gasteiger partial charge in [0.25, 0.3) is 6.43 Å². The minimum absolute atomic E-state index is 0.672. The van der Waals surface area contributed by atoms with E-state index in [4.69, 9.17) is 5.73 Å². The first-order chi connectivity index (χ1) is 5.54. The molecule has 1 nitrogen and oxygen atoms in total. The molecule has 0 unspecified atom stereocenters. The zero-order chi connectivity index (χ0) is 9.30. The quantitative estimate of drug-likeness (QED) is 0.520. The predicted octanol–water partition coefficient (Wildman–Crippen LogP) is 2.48. The third-order valence-corrected chi connectivity index (χ3v) is 1.39. The number of nitrogen functional groups attached to an aromatic ring is 1. The minimum Gasteiger partial charge on any atom is -0.394 e. The molecule has 0 amide bonds. The fraction of sp³-hybridized carbons (Fsp3) is 0.143. The van der Waals surface area contributed by atoms with Crippen LogP contribution in [0.3, 0.4) is 0 Å². The van der Waals surface area contributed by atoms with Gasteiger partial charge in [-0.25, -0.2) is 17.6 Å². The molecule has 66 valence electrons. The molecule has 0 atom stereocenters. The van der Waals surface area contributed by atoms with Gasteiger partial charge in [0.15, 0.2) is 5.82 Å². The number of halogens is 4. The fourth-order valence-electron chi connectivity index (χ4n) is 0.755. The first-order valence-electron chi connectivity index (χ1n) is 3.05. The van der Waals surface area contributed by atoms with Crippen LogP contribution in [0.2, 0.25) is 0 Å². The van der Waals surface area contributed by atoms with Crippen LogP contribution < -0.4 is 5.73 Å². The highest BCUT2D eigenvalue weighted by molar-refractivity contribution is 5.44. The standard InChI is InChI=1S/C7H5F4N/c8-4-2-1-3(7(10)11)5(9)6(4)12/h1-2,7H,12H2. The summed E-state index contributed by atoms with van der Waals surface area (Å²) in [6.45, 7) is 0. The zero-order valence-electron chi connectivity index (χ0n) is 5.82. The lowest BCUT2D eigenvalue weighted by Gasteiger charge is -2.04. The molecule has 1 rings (SSSR count). The first kappa shape index (κ1) is 8.83. The molecule has 2 N–H and O–H groups in total. The maximum absolute atomic E-state index is 12.7. The Morgan fingerprint density at radius 1 is 1.17 bits per heavy atom. The van der Waals surface area contributed by atoms with Gasteiger partial charge in [-0.3, -0.25) is 0 Å². The van der Waals surface area contributed by atoms with E-state index in [2.05, 4.69) is 0 Å². The van der Waals surface area contributed by atoms with E-state index in [1.807, 2.05) is 0 Å². The summed E-state index contributed by atoms with van der Waals surface area (Å²) in [6, 6.07) is 1.38. The van der Waals surface area contributed by atoms with Crippen molar-refractivity contribution in [2.24, 2.45) is 0 Å². The normalized spacial score (nSPS) is 10.8. The van der Waals surface area contributed by atoms with Crippen LogP contribution in [0.25, 0.3) is 0 Å². The highest BCUT2D eigenvalue weighted by Crippen LogP contribution is 2.26. The second-order valence-corrected chi connectivity index (χ2v) is 2.16. The maximum Gasteiger partial charge on any atom is 0.266 e. The summed E-state index contributed by atoms with van der Waals surface area (Å²) in [5, 5.41) is 0. The summed E-state index contributed by atoms with van der Waals surface area (Å²) in [5.41, 5.74) is 3.09. The molecule has 0 aromatic heterocycles. The lowest BCUT2D eigenvalue weighted by Crippen LogP contribution is -2.00. The summed E-state index contributed by atoms with van der Waals surface area (Å²) >= 11 is 0. The topological polar surface area (TPSA) is 26.0 Å². The number of benzene rings is 1. The largest absolute Gasteiger partial charge is 0.394 e. The number of hydrogen-bond donors (Lipinski definition) is 1. The van der Waals surface area contributed by atoms with Crippen molar-refractivity contribution in [3.8, 4) is 0 Å². The Morgan fingerprint density at radius 2 is 1.75 bits per heavy atom. The smallest absolute Gasteiger partial charge is 0.266 e. The van der Waals surface area contributed by atoms with E-state index in [9.17, 15) is 17.6 Å². The van der Waals surface area contributed by atoms with Crippen molar-refractivity contribution in [3.05, 3.63) is 29.3 Å². The number of anilines is 1. The molecular weight excluding hydrogens is 174 g/mol. The molecule has 0 aliphatic rings. The second-order valence-electron chi connectivity index (χ2n) is 2.16. The molecule has 0 saturated heterocycles. The molecule has 0 aliphatic heterocycles. The molecule has 0 spiro atoms. The Morgan fingerprint density at radius 3 is 2.25 bits per heavy atom. The average Bonchev–Trinajstić information content (AvgIpc) is 2.00. The van der Waals surface area contributed by atoms with E-state index in [0.717, 1.165) is 0 Å².